The van der Waals surface area contributed by atoms with E-state index in [4.69, 9.17) is 15.6 Å². The number of carboxylic acids is 1. The van der Waals surface area contributed by atoms with Crippen molar-refractivity contribution in [1.82, 2.24) is 0 Å². The van der Waals surface area contributed by atoms with Gasteiger partial charge in [-0.05, 0) is 24.6 Å². The van der Waals surface area contributed by atoms with Crippen LogP contribution in [0.1, 0.15) is 28.4 Å². The lowest BCUT2D eigenvalue weighted by atomic mass is 10.0. The topological polar surface area (TPSA) is 89.6 Å². The minimum absolute atomic E-state index is 0.167. The molecule has 0 fully saturated rings. The van der Waals surface area contributed by atoms with Gasteiger partial charge in [0.2, 0.25) is 0 Å². The zero-order chi connectivity index (χ0) is 16.1. The average molecular weight is 299 g/mol. The maximum absolute atomic E-state index is 11.5. The summed E-state index contributed by atoms with van der Waals surface area (Å²) in [6.45, 7) is 1.69. The highest BCUT2D eigenvalue weighted by atomic mass is 16.5. The van der Waals surface area contributed by atoms with Gasteiger partial charge in [-0.25, -0.2) is 0 Å². The van der Waals surface area contributed by atoms with E-state index in [1.54, 1.807) is 12.1 Å². The van der Waals surface area contributed by atoms with Gasteiger partial charge in [0.25, 0.3) is 0 Å². The molecule has 2 aromatic carbocycles. The second-order valence-corrected chi connectivity index (χ2v) is 4.90. The van der Waals surface area contributed by atoms with Gasteiger partial charge >= 0.3 is 5.97 Å². The van der Waals surface area contributed by atoms with Crippen molar-refractivity contribution in [2.75, 3.05) is 5.73 Å². The van der Waals surface area contributed by atoms with Crippen LogP contribution in [0.4, 0.5) is 5.69 Å². The van der Waals surface area contributed by atoms with Crippen LogP contribution >= 0.6 is 0 Å². The van der Waals surface area contributed by atoms with Crippen molar-refractivity contribution in [3.05, 3.63) is 59.2 Å². The molecule has 2 rings (SSSR count). The molecule has 0 radical (unpaired) electrons. The number of hydrogen-bond acceptors (Lipinski definition) is 4. The van der Waals surface area contributed by atoms with Gasteiger partial charge in [-0.2, -0.15) is 0 Å². The first-order valence-corrected chi connectivity index (χ1v) is 6.80. The Morgan fingerprint density at radius 3 is 2.41 bits per heavy atom. The smallest absolute Gasteiger partial charge is 0.308 e. The molecule has 5 heteroatoms. The highest BCUT2D eigenvalue weighted by molar-refractivity contribution is 6.00. The lowest BCUT2D eigenvalue weighted by molar-refractivity contribution is -0.136. The molecule has 0 aliphatic heterocycles. The van der Waals surface area contributed by atoms with Gasteiger partial charge < -0.3 is 15.6 Å². The molecule has 0 atom stereocenters. The fraction of sp³-hybridized carbons (Fsp3) is 0.176. The zero-order valence-electron chi connectivity index (χ0n) is 12.2. The molecule has 0 aromatic heterocycles. The lowest BCUT2D eigenvalue weighted by Gasteiger charge is -2.15. The predicted molar refractivity (Wildman–Crippen MR) is 83.0 cm³/mol. The summed E-state index contributed by atoms with van der Waals surface area (Å²) < 4.78 is 5.69. The number of ether oxygens (including phenoxy) is 1. The van der Waals surface area contributed by atoms with Gasteiger partial charge in [0, 0.05) is 16.8 Å². The van der Waals surface area contributed by atoms with Gasteiger partial charge in [-0.1, -0.05) is 30.3 Å². The first-order chi connectivity index (χ1) is 10.5. The number of nitrogen functional groups attached to an aromatic ring is 1. The summed E-state index contributed by atoms with van der Waals surface area (Å²) in [5, 5.41) is 9.03. The summed E-state index contributed by atoms with van der Waals surface area (Å²) in [7, 11) is 0. The first kappa shape index (κ1) is 15.6. The highest BCUT2D eigenvalue weighted by Crippen LogP contribution is 2.29. The molecule has 22 heavy (non-hydrogen) atoms. The third-order valence-corrected chi connectivity index (χ3v) is 3.26. The van der Waals surface area contributed by atoms with E-state index in [1.165, 1.54) is 6.92 Å². The Morgan fingerprint density at radius 1 is 1.14 bits per heavy atom. The summed E-state index contributed by atoms with van der Waals surface area (Å²) in [4.78, 5) is 22.6. The Morgan fingerprint density at radius 2 is 1.82 bits per heavy atom. The molecule has 0 saturated carbocycles. The number of hydrogen-bond donors (Lipinski definition) is 2. The number of aliphatic carboxylic acids is 1. The van der Waals surface area contributed by atoms with Crippen LogP contribution in [0, 0.1) is 0 Å². The highest BCUT2D eigenvalue weighted by Gasteiger charge is 2.17. The quantitative estimate of drug-likeness (QED) is 0.632. The fourth-order valence-electron chi connectivity index (χ4n) is 2.16. The number of benzene rings is 2. The van der Waals surface area contributed by atoms with Crippen LogP contribution in [-0.4, -0.2) is 16.9 Å². The molecule has 0 saturated heterocycles. The number of ketones is 1. The van der Waals surface area contributed by atoms with Crippen molar-refractivity contribution in [1.29, 1.82) is 0 Å². The van der Waals surface area contributed by atoms with Crippen molar-refractivity contribution in [3.63, 3.8) is 0 Å². The number of anilines is 1. The van der Waals surface area contributed by atoms with Gasteiger partial charge in [-0.3, -0.25) is 9.59 Å². The van der Waals surface area contributed by atoms with E-state index < -0.39 is 5.97 Å². The van der Waals surface area contributed by atoms with E-state index in [1.807, 2.05) is 30.3 Å². The number of nitrogens with two attached hydrogens (primary N) is 1. The van der Waals surface area contributed by atoms with Gasteiger partial charge in [0.1, 0.15) is 12.4 Å². The first-order valence-electron chi connectivity index (χ1n) is 6.80. The van der Waals surface area contributed by atoms with Crippen molar-refractivity contribution in [3.8, 4) is 5.75 Å². The average Bonchev–Trinajstić information content (AvgIpc) is 2.48. The van der Waals surface area contributed by atoms with E-state index in [0.29, 0.717) is 23.5 Å². The van der Waals surface area contributed by atoms with Crippen LogP contribution in [0.3, 0.4) is 0 Å². The normalized spacial score (nSPS) is 10.2. The maximum atomic E-state index is 11.5. The molecular weight excluding hydrogens is 282 g/mol. The third kappa shape index (κ3) is 3.63. The molecule has 114 valence electrons. The number of carbonyl (C=O) groups excluding carboxylic acids is 1. The molecule has 3 N–H and O–H groups in total. The standard InChI is InChI=1S/C17H17NO4/c1-11(19)13-7-8-15(14(17(13)18)9-16(20)21)22-10-12-5-3-2-4-6-12/h2-8H,9-10,18H2,1H3,(H,20,21). The minimum atomic E-state index is -1.03. The van der Waals surface area contributed by atoms with Crippen LogP contribution in [-0.2, 0) is 17.8 Å². The van der Waals surface area contributed by atoms with Crippen molar-refractivity contribution in [2.45, 2.75) is 20.0 Å². The van der Waals surface area contributed by atoms with Crippen LogP contribution < -0.4 is 10.5 Å². The summed E-state index contributed by atoms with van der Waals surface area (Å²) in [5.41, 5.74) is 7.70. The third-order valence-electron chi connectivity index (χ3n) is 3.26. The number of Topliss-reactive ketones (excluding diaryl/α,β-unsaturated/α-hetero) is 1. The molecule has 2 aromatic rings. The molecule has 0 aliphatic rings. The van der Waals surface area contributed by atoms with Crippen molar-refractivity contribution in [2.24, 2.45) is 0 Å². The number of carboxylic acid groups (broad SMARTS) is 1. The van der Waals surface area contributed by atoms with Crippen LogP contribution in [0.5, 0.6) is 5.75 Å². The molecule has 0 bridgehead atoms. The number of rotatable bonds is 6. The number of carbonyl (C=O) groups is 2. The molecule has 0 spiro atoms. The van der Waals surface area contributed by atoms with E-state index >= 15 is 0 Å². The lowest BCUT2D eigenvalue weighted by Crippen LogP contribution is -2.10. The molecule has 0 aliphatic carbocycles. The zero-order valence-corrected chi connectivity index (χ0v) is 12.2. The monoisotopic (exact) mass is 299 g/mol. The van der Waals surface area contributed by atoms with E-state index in [0.717, 1.165) is 5.56 Å². The maximum Gasteiger partial charge on any atom is 0.308 e. The van der Waals surface area contributed by atoms with Crippen LogP contribution in [0.2, 0.25) is 0 Å². The van der Waals surface area contributed by atoms with Gasteiger partial charge in [-0.15, -0.1) is 0 Å². The minimum Gasteiger partial charge on any atom is -0.489 e. The molecule has 0 unspecified atom stereocenters. The Bertz CT molecular complexity index is 695. The van der Waals surface area contributed by atoms with Gasteiger partial charge in [0.15, 0.2) is 5.78 Å². The van der Waals surface area contributed by atoms with Crippen LogP contribution in [0.25, 0.3) is 0 Å². The summed E-state index contributed by atoms with van der Waals surface area (Å²) in [6.07, 6.45) is -0.295. The van der Waals surface area contributed by atoms with Crippen LogP contribution in [0.15, 0.2) is 42.5 Å². The molecule has 0 amide bonds. The van der Waals surface area contributed by atoms with Gasteiger partial charge in [0.05, 0.1) is 6.42 Å². The van der Waals surface area contributed by atoms with Crippen molar-refractivity contribution >= 4 is 17.4 Å². The van der Waals surface area contributed by atoms with E-state index in [2.05, 4.69) is 0 Å². The SMILES string of the molecule is CC(=O)c1ccc(OCc2ccccc2)c(CC(=O)O)c1N. The van der Waals surface area contributed by atoms with E-state index in [9.17, 15) is 9.59 Å². The second kappa shape index (κ2) is 6.76. The Balaban J connectivity index is 2.31. The summed E-state index contributed by atoms with van der Waals surface area (Å²) in [6, 6.07) is 12.7. The molecular formula is C17H17NO4. The fourth-order valence-corrected chi connectivity index (χ4v) is 2.16. The Hall–Kier alpha value is -2.82. The van der Waals surface area contributed by atoms with E-state index in [-0.39, 0.29) is 17.9 Å². The molecule has 5 nitrogen and oxygen atoms in total. The predicted octanol–water partition coefficient (Wildman–Crippen LogP) is 2.68. The molecule has 0 heterocycles. The second-order valence-electron chi connectivity index (χ2n) is 4.90. The summed E-state index contributed by atoms with van der Waals surface area (Å²) >= 11 is 0. The Labute approximate surface area is 128 Å². The largest absolute Gasteiger partial charge is 0.489 e. The Kier molecular flexibility index (Phi) is 4.78. The summed E-state index contributed by atoms with van der Waals surface area (Å²) in [5.74, 6) is -0.857. The van der Waals surface area contributed by atoms with Crippen molar-refractivity contribution < 1.29 is 19.4 Å².